The Bertz CT molecular complexity index is 1080. The van der Waals surface area contributed by atoms with Crippen molar-refractivity contribution in [2.75, 3.05) is 38.2 Å². The number of nitrogens with zero attached hydrogens (tertiary/aromatic N) is 6. The lowest BCUT2D eigenvalue weighted by molar-refractivity contribution is -0.137. The number of ether oxygens (including phenoxy) is 1. The van der Waals surface area contributed by atoms with Crippen LogP contribution in [-0.4, -0.2) is 63.9 Å². The van der Waals surface area contributed by atoms with Crippen LogP contribution in [0.5, 0.6) is 5.75 Å². The second-order valence-electron chi connectivity index (χ2n) is 8.98. The van der Waals surface area contributed by atoms with E-state index in [0.717, 1.165) is 74.9 Å². The molecule has 8 heteroatoms. The van der Waals surface area contributed by atoms with Crippen molar-refractivity contribution in [2.45, 2.75) is 32.6 Å². The van der Waals surface area contributed by atoms with Gasteiger partial charge < -0.3 is 14.5 Å². The van der Waals surface area contributed by atoms with Crippen molar-refractivity contribution in [3.05, 3.63) is 36.4 Å². The van der Waals surface area contributed by atoms with Crippen LogP contribution in [0.1, 0.15) is 32.6 Å². The summed E-state index contributed by atoms with van der Waals surface area (Å²) in [5.41, 5.74) is 1.65. The molecule has 1 amide bonds. The van der Waals surface area contributed by atoms with Gasteiger partial charge in [0.2, 0.25) is 5.91 Å². The number of hydrogen-bond donors (Lipinski definition) is 0. The lowest BCUT2D eigenvalue weighted by atomic mass is 9.92. The maximum Gasteiger partial charge on any atom is 0.225 e. The molecule has 0 aliphatic carbocycles. The number of carbonyl (C=O) groups is 1. The van der Waals surface area contributed by atoms with Crippen molar-refractivity contribution in [1.29, 1.82) is 0 Å². The number of hydrogen-bond acceptors (Lipinski definition) is 6. The van der Waals surface area contributed by atoms with E-state index in [4.69, 9.17) is 9.84 Å². The van der Waals surface area contributed by atoms with Crippen molar-refractivity contribution < 1.29 is 9.53 Å². The molecule has 0 unspecified atom stereocenters. The number of amides is 1. The Hall–Kier alpha value is -3.16. The fourth-order valence-electron chi connectivity index (χ4n) is 4.71. The van der Waals surface area contributed by atoms with Gasteiger partial charge >= 0.3 is 0 Å². The van der Waals surface area contributed by atoms with E-state index in [-0.39, 0.29) is 5.92 Å². The molecule has 2 fully saturated rings. The van der Waals surface area contributed by atoms with E-state index in [9.17, 15) is 4.79 Å². The molecule has 2 aromatic heterocycles. The van der Waals surface area contributed by atoms with Crippen molar-refractivity contribution in [3.63, 3.8) is 0 Å². The number of carbonyl (C=O) groups excluding carboxylic acids is 1. The van der Waals surface area contributed by atoms with Gasteiger partial charge in [-0.15, -0.1) is 15.3 Å². The minimum Gasteiger partial charge on any atom is -0.497 e. The van der Waals surface area contributed by atoms with Crippen LogP contribution in [0.4, 0.5) is 5.82 Å². The highest BCUT2D eigenvalue weighted by Crippen LogP contribution is 2.27. The first-order valence-corrected chi connectivity index (χ1v) is 11.5. The molecule has 0 N–H and O–H groups in total. The number of aromatic nitrogens is 4. The summed E-state index contributed by atoms with van der Waals surface area (Å²) in [4.78, 5) is 17.3. The third-order valence-electron chi connectivity index (χ3n) is 6.86. The number of rotatable bonds is 4. The fourth-order valence-corrected chi connectivity index (χ4v) is 4.71. The largest absolute Gasteiger partial charge is 0.497 e. The molecular weight excluding hydrogens is 404 g/mol. The van der Waals surface area contributed by atoms with Crippen LogP contribution in [0.15, 0.2) is 36.4 Å². The van der Waals surface area contributed by atoms with Gasteiger partial charge in [-0.2, -0.15) is 4.52 Å². The van der Waals surface area contributed by atoms with Crippen molar-refractivity contribution >= 4 is 17.4 Å². The molecule has 2 aliphatic heterocycles. The van der Waals surface area contributed by atoms with E-state index >= 15 is 0 Å². The van der Waals surface area contributed by atoms with Crippen LogP contribution in [0.3, 0.4) is 0 Å². The minimum atomic E-state index is 0.133. The van der Waals surface area contributed by atoms with Gasteiger partial charge in [0.25, 0.3) is 0 Å². The summed E-state index contributed by atoms with van der Waals surface area (Å²) < 4.78 is 7.04. The topological polar surface area (TPSA) is 75.9 Å². The molecular formula is C24H30N6O2. The standard InChI is InChI=1S/C24H30N6O2/c1-17-9-13-29(14-10-17)24(31)19-11-15-28(16-12-19)22-8-7-21-25-26-23(30(21)27-22)18-3-5-20(32-2)6-4-18/h3-8,17,19H,9-16H2,1-2H3. The Balaban J connectivity index is 1.29. The monoisotopic (exact) mass is 434 g/mol. The highest BCUT2D eigenvalue weighted by molar-refractivity contribution is 5.79. The molecule has 5 rings (SSSR count). The predicted molar refractivity (Wildman–Crippen MR) is 123 cm³/mol. The van der Waals surface area contributed by atoms with E-state index in [0.29, 0.717) is 17.4 Å². The molecule has 2 saturated heterocycles. The highest BCUT2D eigenvalue weighted by atomic mass is 16.5. The van der Waals surface area contributed by atoms with Crippen molar-refractivity contribution in [2.24, 2.45) is 11.8 Å². The van der Waals surface area contributed by atoms with Crippen molar-refractivity contribution in [1.82, 2.24) is 24.7 Å². The molecule has 0 atom stereocenters. The first-order valence-electron chi connectivity index (χ1n) is 11.5. The molecule has 8 nitrogen and oxygen atoms in total. The summed E-state index contributed by atoms with van der Waals surface area (Å²) in [5, 5.41) is 13.4. The van der Waals surface area contributed by atoms with Gasteiger partial charge in [0.1, 0.15) is 11.6 Å². The SMILES string of the molecule is COc1ccc(-c2nnc3ccc(N4CCC(C(=O)N5CCC(C)CC5)CC4)nn23)cc1. The van der Waals surface area contributed by atoms with Gasteiger partial charge in [-0.25, -0.2) is 0 Å². The molecule has 168 valence electrons. The zero-order valence-electron chi connectivity index (χ0n) is 18.8. The fraction of sp³-hybridized carbons (Fsp3) is 0.500. The Kier molecular flexibility index (Phi) is 5.68. The Morgan fingerprint density at radius 2 is 1.66 bits per heavy atom. The first kappa shape index (κ1) is 20.7. The van der Waals surface area contributed by atoms with E-state index in [1.54, 1.807) is 11.6 Å². The zero-order valence-corrected chi connectivity index (χ0v) is 18.8. The second kappa shape index (κ2) is 8.76. The highest BCUT2D eigenvalue weighted by Gasteiger charge is 2.30. The van der Waals surface area contributed by atoms with Crippen LogP contribution in [0.2, 0.25) is 0 Å². The van der Waals surface area contributed by atoms with Crippen LogP contribution < -0.4 is 9.64 Å². The number of fused-ring (bicyclic) bond motifs is 1. The Labute approximate surface area is 188 Å². The lowest BCUT2D eigenvalue weighted by Crippen LogP contribution is -2.45. The maximum atomic E-state index is 13.0. The van der Waals surface area contributed by atoms with E-state index < -0.39 is 0 Å². The third-order valence-corrected chi connectivity index (χ3v) is 6.86. The van der Waals surface area contributed by atoms with Crippen LogP contribution in [-0.2, 0) is 4.79 Å². The molecule has 4 heterocycles. The van der Waals surface area contributed by atoms with Crippen LogP contribution in [0.25, 0.3) is 17.0 Å². The number of methoxy groups -OCH3 is 1. The summed E-state index contributed by atoms with van der Waals surface area (Å²) >= 11 is 0. The summed E-state index contributed by atoms with van der Waals surface area (Å²) in [6.07, 6.45) is 4.00. The summed E-state index contributed by atoms with van der Waals surface area (Å²) in [5.74, 6) is 3.61. The first-order chi connectivity index (χ1) is 15.6. The smallest absolute Gasteiger partial charge is 0.225 e. The average molecular weight is 435 g/mol. The average Bonchev–Trinajstić information content (AvgIpc) is 3.27. The number of benzene rings is 1. The van der Waals surface area contributed by atoms with Gasteiger partial charge in [0.15, 0.2) is 11.5 Å². The van der Waals surface area contributed by atoms with Gasteiger partial charge in [0, 0.05) is 37.7 Å². The Morgan fingerprint density at radius 1 is 0.938 bits per heavy atom. The van der Waals surface area contributed by atoms with Gasteiger partial charge in [-0.05, 0) is 68.0 Å². The molecule has 0 bridgehead atoms. The summed E-state index contributed by atoms with van der Waals surface area (Å²) in [6.45, 7) is 5.78. The van der Waals surface area contributed by atoms with E-state index in [1.165, 1.54) is 0 Å². The number of piperidine rings is 2. The minimum absolute atomic E-state index is 0.133. The second-order valence-corrected chi connectivity index (χ2v) is 8.98. The predicted octanol–water partition coefficient (Wildman–Crippen LogP) is 3.27. The number of likely N-dealkylation sites (tertiary alicyclic amines) is 1. The maximum absolute atomic E-state index is 13.0. The Morgan fingerprint density at radius 3 is 2.34 bits per heavy atom. The molecule has 1 aromatic carbocycles. The molecule has 0 saturated carbocycles. The lowest BCUT2D eigenvalue weighted by Gasteiger charge is -2.37. The molecule has 2 aliphatic rings. The number of anilines is 1. The van der Waals surface area contributed by atoms with Gasteiger partial charge in [-0.3, -0.25) is 4.79 Å². The summed E-state index contributed by atoms with van der Waals surface area (Å²) in [6, 6.07) is 11.7. The van der Waals surface area contributed by atoms with Crippen molar-refractivity contribution in [3.8, 4) is 17.1 Å². The zero-order chi connectivity index (χ0) is 22.1. The quantitative estimate of drug-likeness (QED) is 0.627. The van der Waals surface area contributed by atoms with E-state index in [1.807, 2.05) is 36.4 Å². The van der Waals surface area contributed by atoms with Crippen LogP contribution >= 0.6 is 0 Å². The summed E-state index contributed by atoms with van der Waals surface area (Å²) in [7, 11) is 1.65. The van der Waals surface area contributed by atoms with Gasteiger partial charge in [-0.1, -0.05) is 6.92 Å². The molecule has 0 radical (unpaired) electrons. The molecule has 0 spiro atoms. The molecule has 32 heavy (non-hydrogen) atoms. The normalized spacial score (nSPS) is 18.3. The van der Waals surface area contributed by atoms with Gasteiger partial charge in [0.05, 0.1) is 7.11 Å². The van der Waals surface area contributed by atoms with E-state index in [2.05, 4.69) is 26.9 Å². The van der Waals surface area contributed by atoms with Crippen LogP contribution in [0, 0.1) is 11.8 Å². The molecule has 3 aromatic rings. The third kappa shape index (κ3) is 4.01.